The predicted molar refractivity (Wildman–Crippen MR) is 75.3 cm³/mol. The van der Waals surface area contributed by atoms with Crippen molar-refractivity contribution < 1.29 is 17.9 Å². The van der Waals surface area contributed by atoms with Gasteiger partial charge in [-0.15, -0.1) is 0 Å². The molecule has 1 aromatic heterocycles. The fourth-order valence-electron chi connectivity index (χ4n) is 1.77. The first kappa shape index (κ1) is 14.8. The molecule has 0 bridgehead atoms. The van der Waals surface area contributed by atoms with Gasteiger partial charge in [-0.1, -0.05) is 30.3 Å². The van der Waals surface area contributed by atoms with Crippen LogP contribution in [0.2, 0.25) is 0 Å². The van der Waals surface area contributed by atoms with E-state index in [1.54, 1.807) is 36.4 Å². The van der Waals surface area contributed by atoms with Crippen LogP contribution in [0.25, 0.3) is 0 Å². The zero-order valence-electron chi connectivity index (χ0n) is 11.1. The second kappa shape index (κ2) is 5.78. The number of benzene rings is 1. The molecule has 6 heteroatoms. The summed E-state index contributed by atoms with van der Waals surface area (Å²) in [6, 6.07) is 12.1. The molecule has 0 saturated carbocycles. The van der Waals surface area contributed by atoms with Crippen molar-refractivity contribution in [2.45, 2.75) is 18.3 Å². The van der Waals surface area contributed by atoms with Gasteiger partial charge in [0, 0.05) is 6.54 Å². The smallest absolute Gasteiger partial charge is 0.215 e. The third-order valence-electron chi connectivity index (χ3n) is 2.89. The zero-order valence-corrected chi connectivity index (χ0v) is 11.9. The van der Waals surface area contributed by atoms with E-state index in [0.717, 1.165) is 0 Å². The van der Waals surface area contributed by atoms with E-state index in [4.69, 9.17) is 4.42 Å². The Morgan fingerprint density at radius 2 is 1.90 bits per heavy atom. The zero-order chi connectivity index (χ0) is 14.6. The molecule has 0 amide bonds. The molecule has 2 N–H and O–H groups in total. The van der Waals surface area contributed by atoms with E-state index in [0.29, 0.717) is 11.3 Å². The van der Waals surface area contributed by atoms with Crippen LogP contribution in [0.3, 0.4) is 0 Å². The topological polar surface area (TPSA) is 79.5 Å². The largest absolute Gasteiger partial charge is 0.466 e. The SMILES string of the molecule is CC(O)(CNS(=O)(=O)Cc1ccccc1)c1ccco1. The Morgan fingerprint density at radius 1 is 1.20 bits per heavy atom. The van der Waals surface area contributed by atoms with E-state index in [1.807, 2.05) is 6.07 Å². The van der Waals surface area contributed by atoms with Crippen molar-refractivity contribution in [2.24, 2.45) is 0 Å². The number of aliphatic hydroxyl groups is 1. The summed E-state index contributed by atoms with van der Waals surface area (Å²) in [5.74, 6) is 0.196. The fourth-order valence-corrected chi connectivity index (χ4v) is 3.00. The highest BCUT2D eigenvalue weighted by molar-refractivity contribution is 7.88. The lowest BCUT2D eigenvalue weighted by molar-refractivity contribution is 0.0395. The molecular formula is C14H17NO4S. The number of nitrogens with one attached hydrogen (secondary N) is 1. The van der Waals surface area contributed by atoms with Crippen LogP contribution in [0.5, 0.6) is 0 Å². The van der Waals surface area contributed by atoms with E-state index in [-0.39, 0.29) is 12.3 Å². The minimum atomic E-state index is -3.51. The van der Waals surface area contributed by atoms with Crippen LogP contribution in [0, 0.1) is 0 Å². The summed E-state index contributed by atoms with van der Waals surface area (Å²) in [5, 5.41) is 10.2. The molecule has 2 aromatic rings. The molecule has 108 valence electrons. The van der Waals surface area contributed by atoms with Crippen LogP contribution in [-0.4, -0.2) is 20.1 Å². The minimum Gasteiger partial charge on any atom is -0.466 e. The summed E-state index contributed by atoms with van der Waals surface area (Å²) in [5.41, 5.74) is -0.689. The fraction of sp³-hybridized carbons (Fsp3) is 0.286. The Labute approximate surface area is 118 Å². The van der Waals surface area contributed by atoms with Crippen molar-refractivity contribution in [1.29, 1.82) is 0 Å². The van der Waals surface area contributed by atoms with E-state index in [9.17, 15) is 13.5 Å². The summed E-state index contributed by atoms with van der Waals surface area (Å²) >= 11 is 0. The molecule has 0 aliphatic heterocycles. The van der Waals surface area contributed by atoms with Crippen molar-refractivity contribution in [3.63, 3.8) is 0 Å². The predicted octanol–water partition coefficient (Wildman–Crippen LogP) is 1.61. The number of rotatable bonds is 6. The van der Waals surface area contributed by atoms with Crippen molar-refractivity contribution in [3.05, 3.63) is 60.1 Å². The second-order valence-electron chi connectivity index (χ2n) is 4.82. The molecule has 0 radical (unpaired) electrons. The van der Waals surface area contributed by atoms with E-state index < -0.39 is 15.6 Å². The maximum absolute atomic E-state index is 12.0. The molecule has 1 heterocycles. The van der Waals surface area contributed by atoms with Gasteiger partial charge in [0.2, 0.25) is 10.0 Å². The number of hydrogen-bond acceptors (Lipinski definition) is 4. The molecule has 5 nitrogen and oxygen atoms in total. The molecular weight excluding hydrogens is 278 g/mol. The first-order valence-corrected chi connectivity index (χ1v) is 7.82. The lowest BCUT2D eigenvalue weighted by atomic mass is 10.1. The molecule has 20 heavy (non-hydrogen) atoms. The monoisotopic (exact) mass is 295 g/mol. The summed E-state index contributed by atoms with van der Waals surface area (Å²) in [4.78, 5) is 0. The standard InChI is InChI=1S/C14H17NO4S/c1-14(16,13-8-5-9-19-13)11-15-20(17,18)10-12-6-3-2-4-7-12/h2-9,15-16H,10-11H2,1H3. The van der Waals surface area contributed by atoms with Gasteiger partial charge < -0.3 is 9.52 Å². The highest BCUT2D eigenvalue weighted by Gasteiger charge is 2.28. The number of hydrogen-bond donors (Lipinski definition) is 2. The number of sulfonamides is 1. The van der Waals surface area contributed by atoms with Gasteiger partial charge in [0.1, 0.15) is 11.4 Å². The number of furan rings is 1. The molecule has 0 saturated heterocycles. The lowest BCUT2D eigenvalue weighted by Gasteiger charge is -2.21. The Morgan fingerprint density at radius 3 is 2.50 bits per heavy atom. The Bertz CT molecular complexity index is 633. The van der Waals surface area contributed by atoms with Crippen molar-refractivity contribution >= 4 is 10.0 Å². The van der Waals surface area contributed by atoms with Crippen molar-refractivity contribution in [2.75, 3.05) is 6.54 Å². The average molecular weight is 295 g/mol. The highest BCUT2D eigenvalue weighted by Crippen LogP contribution is 2.20. The van der Waals surface area contributed by atoms with Crippen LogP contribution in [0.15, 0.2) is 53.1 Å². The summed E-state index contributed by atoms with van der Waals surface area (Å²) in [6.07, 6.45) is 1.43. The summed E-state index contributed by atoms with van der Waals surface area (Å²) < 4.78 is 31.4. The normalized spacial score (nSPS) is 14.9. The first-order valence-electron chi connectivity index (χ1n) is 6.17. The van der Waals surface area contributed by atoms with Crippen molar-refractivity contribution in [3.8, 4) is 0 Å². The maximum Gasteiger partial charge on any atom is 0.215 e. The van der Waals surface area contributed by atoms with Gasteiger partial charge in [0.25, 0.3) is 0 Å². The molecule has 1 aromatic carbocycles. The molecule has 0 fully saturated rings. The van der Waals surface area contributed by atoms with Gasteiger partial charge in [-0.2, -0.15) is 0 Å². The Hall–Kier alpha value is -1.63. The Kier molecular flexibility index (Phi) is 4.27. The lowest BCUT2D eigenvalue weighted by Crippen LogP contribution is -2.38. The average Bonchev–Trinajstić information content (AvgIpc) is 2.92. The summed E-state index contributed by atoms with van der Waals surface area (Å²) in [6.45, 7) is 1.35. The quantitative estimate of drug-likeness (QED) is 0.848. The molecule has 0 aliphatic rings. The van der Waals surface area contributed by atoms with Crippen molar-refractivity contribution in [1.82, 2.24) is 4.72 Å². The van der Waals surface area contributed by atoms with Crippen LogP contribution in [0.1, 0.15) is 18.2 Å². The van der Waals surface area contributed by atoms with Gasteiger partial charge in [-0.25, -0.2) is 13.1 Å². The highest BCUT2D eigenvalue weighted by atomic mass is 32.2. The first-order chi connectivity index (χ1) is 9.39. The molecule has 0 spiro atoms. The molecule has 0 aliphatic carbocycles. The molecule has 1 atom stereocenters. The third-order valence-corrected chi connectivity index (χ3v) is 4.19. The minimum absolute atomic E-state index is 0.123. The maximum atomic E-state index is 12.0. The van der Waals surface area contributed by atoms with Crippen LogP contribution in [0.4, 0.5) is 0 Å². The van der Waals surface area contributed by atoms with E-state index in [2.05, 4.69) is 4.72 Å². The van der Waals surface area contributed by atoms with Gasteiger partial charge >= 0.3 is 0 Å². The van der Waals surface area contributed by atoms with Gasteiger partial charge in [-0.05, 0) is 24.6 Å². The molecule has 1 unspecified atom stereocenters. The van der Waals surface area contributed by atoms with E-state index >= 15 is 0 Å². The Balaban J connectivity index is 1.99. The van der Waals surface area contributed by atoms with Crippen LogP contribution < -0.4 is 4.72 Å². The molecule has 2 rings (SSSR count). The van der Waals surface area contributed by atoms with Gasteiger partial charge in [0.15, 0.2) is 0 Å². The third kappa shape index (κ3) is 3.93. The second-order valence-corrected chi connectivity index (χ2v) is 6.62. The van der Waals surface area contributed by atoms with Crippen LogP contribution >= 0.6 is 0 Å². The van der Waals surface area contributed by atoms with Crippen LogP contribution in [-0.2, 0) is 21.4 Å². The summed E-state index contributed by atoms with van der Waals surface area (Å²) in [7, 11) is -3.51. The van der Waals surface area contributed by atoms with Gasteiger partial charge in [0.05, 0.1) is 12.0 Å². The van der Waals surface area contributed by atoms with Gasteiger partial charge in [-0.3, -0.25) is 0 Å². The van der Waals surface area contributed by atoms with E-state index in [1.165, 1.54) is 13.2 Å².